The summed E-state index contributed by atoms with van der Waals surface area (Å²) in [4.78, 5) is 0. The number of aliphatic hydroxyl groups is 1. The monoisotopic (exact) mass is 297 g/mol. The minimum Gasteiger partial charge on any atom is -0.396 e. The summed E-state index contributed by atoms with van der Waals surface area (Å²) in [5.41, 5.74) is 0.548. The summed E-state index contributed by atoms with van der Waals surface area (Å²) in [6.07, 6.45) is 2.53. The lowest BCUT2D eigenvalue weighted by Gasteiger charge is -2.40. The number of hydrogen-bond donors (Lipinski definition) is 1. The number of aliphatic hydroxyl groups excluding tert-OH is 1. The molecule has 0 unspecified atom stereocenters. The van der Waals surface area contributed by atoms with Crippen molar-refractivity contribution in [2.75, 3.05) is 19.7 Å². The van der Waals surface area contributed by atoms with Crippen LogP contribution in [0.2, 0.25) is 0 Å². The zero-order valence-electron chi connectivity index (χ0n) is 12.0. The van der Waals surface area contributed by atoms with E-state index in [0.717, 1.165) is 24.8 Å². The van der Waals surface area contributed by atoms with Gasteiger partial charge in [-0.3, -0.25) is 0 Å². The average Bonchev–Trinajstić information content (AvgIpc) is 2.48. The summed E-state index contributed by atoms with van der Waals surface area (Å²) >= 11 is 0. The number of nitrogens with zero attached hydrogens (tertiary/aromatic N) is 1. The number of rotatable bonds is 5. The predicted octanol–water partition coefficient (Wildman–Crippen LogP) is 2.00. The molecule has 2 rings (SSSR count). The van der Waals surface area contributed by atoms with Crippen LogP contribution in [0, 0.1) is 5.41 Å². The Morgan fingerprint density at radius 3 is 2.60 bits per heavy atom. The maximum Gasteiger partial charge on any atom is 0.218 e. The quantitative estimate of drug-likeness (QED) is 0.904. The van der Waals surface area contributed by atoms with E-state index < -0.39 is 10.0 Å². The smallest absolute Gasteiger partial charge is 0.218 e. The molecule has 1 aliphatic heterocycles. The van der Waals surface area contributed by atoms with E-state index in [1.54, 1.807) is 4.31 Å². The highest BCUT2D eigenvalue weighted by Gasteiger charge is 2.37. The minimum atomic E-state index is -3.31. The molecule has 1 fully saturated rings. The van der Waals surface area contributed by atoms with Crippen LogP contribution < -0.4 is 0 Å². The number of piperidine rings is 1. The van der Waals surface area contributed by atoms with Gasteiger partial charge in [0.15, 0.2) is 0 Å². The van der Waals surface area contributed by atoms with Crippen LogP contribution in [0.1, 0.15) is 31.7 Å². The second-order valence-corrected chi connectivity index (χ2v) is 7.66. The lowest BCUT2D eigenvalue weighted by molar-refractivity contribution is 0.0608. The second-order valence-electron chi connectivity index (χ2n) is 5.69. The molecule has 1 N–H and O–H groups in total. The molecule has 0 aromatic heterocycles. The van der Waals surface area contributed by atoms with Gasteiger partial charge in [-0.2, -0.15) is 0 Å². The molecule has 1 heterocycles. The fraction of sp³-hybridized carbons (Fsp3) is 0.600. The van der Waals surface area contributed by atoms with E-state index in [-0.39, 0.29) is 17.8 Å². The van der Waals surface area contributed by atoms with Gasteiger partial charge in [-0.05, 0) is 24.8 Å². The number of benzene rings is 1. The Kier molecular flexibility index (Phi) is 4.83. The Bertz CT molecular complexity index is 523. The van der Waals surface area contributed by atoms with Crippen molar-refractivity contribution in [2.24, 2.45) is 5.41 Å². The van der Waals surface area contributed by atoms with Gasteiger partial charge in [0.05, 0.1) is 5.75 Å². The average molecular weight is 297 g/mol. The minimum absolute atomic E-state index is 0.0407. The van der Waals surface area contributed by atoms with Crippen molar-refractivity contribution in [3.8, 4) is 0 Å². The van der Waals surface area contributed by atoms with E-state index in [2.05, 4.69) is 0 Å². The molecule has 1 atom stereocenters. The first-order chi connectivity index (χ1) is 9.51. The molecule has 1 aliphatic rings. The lowest BCUT2D eigenvalue weighted by Crippen LogP contribution is -2.47. The molecule has 1 aromatic rings. The molecular formula is C15H23NO3S. The molecule has 0 radical (unpaired) electrons. The summed E-state index contributed by atoms with van der Waals surface area (Å²) in [7, 11) is -3.31. The Morgan fingerprint density at radius 1 is 1.30 bits per heavy atom. The van der Waals surface area contributed by atoms with Crippen LogP contribution in [0.3, 0.4) is 0 Å². The fourth-order valence-electron chi connectivity index (χ4n) is 2.81. The van der Waals surface area contributed by atoms with Crippen molar-refractivity contribution >= 4 is 10.0 Å². The molecular weight excluding hydrogens is 274 g/mol. The van der Waals surface area contributed by atoms with Gasteiger partial charge in [0, 0.05) is 25.1 Å². The lowest BCUT2D eigenvalue weighted by atomic mass is 9.79. The maximum absolute atomic E-state index is 12.5. The largest absolute Gasteiger partial charge is 0.396 e. The maximum atomic E-state index is 12.5. The molecule has 20 heavy (non-hydrogen) atoms. The molecule has 4 nitrogen and oxygen atoms in total. The molecule has 5 heteroatoms. The Hall–Kier alpha value is -0.910. The van der Waals surface area contributed by atoms with Gasteiger partial charge >= 0.3 is 0 Å². The summed E-state index contributed by atoms with van der Waals surface area (Å²) in [6, 6.07) is 9.25. The molecule has 1 aromatic carbocycles. The van der Waals surface area contributed by atoms with E-state index in [1.807, 2.05) is 37.3 Å². The molecule has 112 valence electrons. The first-order valence-corrected chi connectivity index (χ1v) is 8.75. The number of sulfonamides is 1. The van der Waals surface area contributed by atoms with Gasteiger partial charge < -0.3 is 5.11 Å². The van der Waals surface area contributed by atoms with Crippen LogP contribution >= 0.6 is 0 Å². The van der Waals surface area contributed by atoms with Crippen LogP contribution in [-0.4, -0.2) is 37.5 Å². The molecule has 1 saturated heterocycles. The van der Waals surface area contributed by atoms with Crippen LogP contribution in [0.15, 0.2) is 30.3 Å². The van der Waals surface area contributed by atoms with Crippen LogP contribution in [-0.2, 0) is 15.8 Å². The highest BCUT2D eigenvalue weighted by molar-refractivity contribution is 7.88. The molecule has 0 amide bonds. The molecule has 0 spiro atoms. The normalized spacial score (nSPS) is 24.7. The van der Waals surface area contributed by atoms with Gasteiger partial charge in [-0.1, -0.05) is 37.3 Å². The van der Waals surface area contributed by atoms with Crippen LogP contribution in [0.5, 0.6) is 0 Å². The van der Waals surface area contributed by atoms with Gasteiger partial charge in [-0.15, -0.1) is 0 Å². The third kappa shape index (κ3) is 3.40. The van der Waals surface area contributed by atoms with Crippen molar-refractivity contribution in [1.29, 1.82) is 0 Å². The zero-order chi connectivity index (χ0) is 14.6. The van der Waals surface area contributed by atoms with Gasteiger partial charge in [0.25, 0.3) is 0 Å². The van der Waals surface area contributed by atoms with Crippen molar-refractivity contribution < 1.29 is 13.5 Å². The predicted molar refractivity (Wildman–Crippen MR) is 79.7 cm³/mol. The van der Waals surface area contributed by atoms with Gasteiger partial charge in [-0.25, -0.2) is 12.7 Å². The van der Waals surface area contributed by atoms with E-state index in [0.29, 0.717) is 13.1 Å². The summed E-state index contributed by atoms with van der Waals surface area (Å²) in [5, 5.41) is 9.59. The van der Waals surface area contributed by atoms with Crippen molar-refractivity contribution in [3.05, 3.63) is 35.9 Å². The van der Waals surface area contributed by atoms with Crippen molar-refractivity contribution in [3.63, 3.8) is 0 Å². The first kappa shape index (κ1) is 15.5. The topological polar surface area (TPSA) is 57.6 Å². The van der Waals surface area contributed by atoms with Crippen molar-refractivity contribution in [1.82, 2.24) is 4.31 Å². The van der Waals surface area contributed by atoms with E-state index >= 15 is 0 Å². The third-order valence-electron chi connectivity index (χ3n) is 4.30. The van der Waals surface area contributed by atoms with E-state index in [1.165, 1.54) is 0 Å². The third-order valence-corrected chi connectivity index (χ3v) is 6.09. The zero-order valence-corrected chi connectivity index (χ0v) is 12.8. The van der Waals surface area contributed by atoms with E-state index in [9.17, 15) is 13.5 Å². The van der Waals surface area contributed by atoms with Crippen LogP contribution in [0.25, 0.3) is 0 Å². The second kappa shape index (κ2) is 6.24. The summed E-state index contributed by atoms with van der Waals surface area (Å²) < 4.78 is 26.6. The molecule has 0 bridgehead atoms. The van der Waals surface area contributed by atoms with Crippen LogP contribution in [0.4, 0.5) is 0 Å². The first-order valence-electron chi connectivity index (χ1n) is 7.14. The Morgan fingerprint density at radius 2 is 2.00 bits per heavy atom. The Balaban J connectivity index is 2.13. The molecule has 0 saturated carbocycles. The summed E-state index contributed by atoms with van der Waals surface area (Å²) in [5.74, 6) is 0.0407. The number of hydrogen-bond acceptors (Lipinski definition) is 3. The highest BCUT2D eigenvalue weighted by atomic mass is 32.2. The van der Waals surface area contributed by atoms with E-state index in [4.69, 9.17) is 0 Å². The summed E-state index contributed by atoms with van der Waals surface area (Å²) in [6.45, 7) is 3.08. The Labute approximate surface area is 121 Å². The fourth-order valence-corrected chi connectivity index (χ4v) is 4.48. The standard InChI is InChI=1S/C15H23NO3S/c1-2-15(13-17)9-6-10-16(12-15)20(18,19)11-14-7-4-3-5-8-14/h3-5,7-8,17H,2,6,9-13H2,1H3/t15-/m0/s1. The SMILES string of the molecule is CC[C@]1(CO)CCCN(S(=O)(=O)Cc2ccccc2)C1. The molecule has 0 aliphatic carbocycles. The highest BCUT2D eigenvalue weighted by Crippen LogP contribution is 2.34. The van der Waals surface area contributed by atoms with Crippen molar-refractivity contribution in [2.45, 2.75) is 31.9 Å². The van der Waals surface area contributed by atoms with Gasteiger partial charge in [0.1, 0.15) is 0 Å². The van der Waals surface area contributed by atoms with Gasteiger partial charge in [0.2, 0.25) is 10.0 Å².